The molecule has 2 atom stereocenters. The molecule has 0 bridgehead atoms. The number of nitrogens with one attached hydrogen (secondary N) is 1. The third kappa shape index (κ3) is 4.07. The molecule has 2 amide bonds. The Bertz CT molecular complexity index is 614. The Morgan fingerprint density at radius 3 is 2.50 bits per heavy atom. The van der Waals surface area contributed by atoms with Gasteiger partial charge in [-0.15, -0.1) is 0 Å². The molecule has 1 saturated heterocycles. The van der Waals surface area contributed by atoms with E-state index in [1.54, 1.807) is 0 Å². The van der Waals surface area contributed by atoms with Gasteiger partial charge in [0.2, 0.25) is 11.8 Å². The van der Waals surface area contributed by atoms with Gasteiger partial charge in [0.05, 0.1) is 12.0 Å². The van der Waals surface area contributed by atoms with E-state index in [4.69, 9.17) is 0 Å². The molecule has 130 valence electrons. The van der Waals surface area contributed by atoms with Gasteiger partial charge in [0, 0.05) is 13.0 Å². The highest BCUT2D eigenvalue weighted by Crippen LogP contribution is 2.41. The van der Waals surface area contributed by atoms with Crippen molar-refractivity contribution in [2.24, 2.45) is 11.8 Å². The minimum Gasteiger partial charge on any atom is -0.349 e. The number of hydrogen-bond donors (Lipinski definition) is 1. The maximum absolute atomic E-state index is 12.5. The molecular weight excluding hydrogens is 321 g/mol. The van der Waals surface area contributed by atoms with Crippen LogP contribution in [-0.4, -0.2) is 36.0 Å². The molecule has 2 fully saturated rings. The highest BCUT2D eigenvalue weighted by molar-refractivity contribution is 5.89. The molecule has 1 aromatic carbocycles. The molecule has 3 rings (SSSR count). The number of benzene rings is 1. The molecular formula is C17H19F3N2O2. The smallest absolute Gasteiger partial charge is 0.349 e. The molecule has 1 aliphatic heterocycles. The third-order valence-electron chi connectivity index (χ3n) is 4.51. The van der Waals surface area contributed by atoms with E-state index in [2.05, 4.69) is 5.32 Å². The second-order valence-electron chi connectivity index (χ2n) is 6.52. The van der Waals surface area contributed by atoms with Gasteiger partial charge >= 0.3 is 6.18 Å². The van der Waals surface area contributed by atoms with Crippen LogP contribution < -0.4 is 5.32 Å². The number of alkyl halides is 3. The highest BCUT2D eigenvalue weighted by Gasteiger charge is 2.42. The molecule has 1 saturated carbocycles. The van der Waals surface area contributed by atoms with E-state index in [-0.39, 0.29) is 24.9 Å². The fraction of sp³-hybridized carbons (Fsp3) is 0.529. The predicted octanol–water partition coefficient (Wildman–Crippen LogP) is 2.66. The lowest BCUT2D eigenvalue weighted by Gasteiger charge is -2.22. The number of carbonyl (C=O) groups excluding carboxylic acids is 2. The van der Waals surface area contributed by atoms with Crippen molar-refractivity contribution in [3.8, 4) is 0 Å². The van der Waals surface area contributed by atoms with E-state index >= 15 is 0 Å². The number of likely N-dealkylation sites (tertiary alicyclic amines) is 1. The summed E-state index contributed by atoms with van der Waals surface area (Å²) in [5.41, 5.74) is 0.991. The molecule has 0 spiro atoms. The summed E-state index contributed by atoms with van der Waals surface area (Å²) in [7, 11) is 0. The Hall–Kier alpha value is -2.05. The maximum atomic E-state index is 12.5. The minimum absolute atomic E-state index is 0.134. The number of hydrogen-bond acceptors (Lipinski definition) is 2. The van der Waals surface area contributed by atoms with Gasteiger partial charge in [0.1, 0.15) is 6.54 Å². The Balaban J connectivity index is 1.63. The van der Waals surface area contributed by atoms with Gasteiger partial charge in [-0.3, -0.25) is 9.59 Å². The monoisotopic (exact) mass is 340 g/mol. The number of nitrogens with zero attached hydrogens (tertiary/aromatic N) is 1. The zero-order chi connectivity index (χ0) is 17.3. The molecule has 0 unspecified atom stereocenters. The molecule has 1 heterocycles. The first-order valence-corrected chi connectivity index (χ1v) is 8.03. The Morgan fingerprint density at radius 2 is 1.92 bits per heavy atom. The lowest BCUT2D eigenvalue weighted by molar-refractivity contribution is -0.157. The fourth-order valence-electron chi connectivity index (χ4n) is 3.15. The molecule has 1 N–H and O–H groups in total. The lowest BCUT2D eigenvalue weighted by Crippen LogP contribution is -2.38. The molecule has 7 heteroatoms. The van der Waals surface area contributed by atoms with Crippen LogP contribution in [-0.2, 0) is 9.59 Å². The third-order valence-corrected chi connectivity index (χ3v) is 4.51. The number of amides is 2. The molecule has 1 aliphatic carbocycles. The Morgan fingerprint density at radius 1 is 1.25 bits per heavy atom. The van der Waals surface area contributed by atoms with Crippen LogP contribution in [0.1, 0.15) is 30.9 Å². The first-order valence-electron chi connectivity index (χ1n) is 8.03. The Labute approximate surface area is 138 Å². The largest absolute Gasteiger partial charge is 0.406 e. The predicted molar refractivity (Wildman–Crippen MR) is 80.8 cm³/mol. The van der Waals surface area contributed by atoms with Crippen molar-refractivity contribution in [2.75, 3.05) is 13.1 Å². The number of halogens is 3. The summed E-state index contributed by atoms with van der Waals surface area (Å²) in [4.78, 5) is 24.9. The van der Waals surface area contributed by atoms with Crippen molar-refractivity contribution in [2.45, 2.75) is 31.5 Å². The molecule has 2 aliphatic rings. The molecule has 24 heavy (non-hydrogen) atoms. The van der Waals surface area contributed by atoms with Crippen molar-refractivity contribution >= 4 is 11.8 Å². The van der Waals surface area contributed by atoms with Crippen molar-refractivity contribution in [3.05, 3.63) is 35.9 Å². The summed E-state index contributed by atoms with van der Waals surface area (Å²) in [6.07, 6.45) is -2.57. The lowest BCUT2D eigenvalue weighted by atomic mass is 10.0. The highest BCUT2D eigenvalue weighted by atomic mass is 19.4. The van der Waals surface area contributed by atoms with Crippen LogP contribution >= 0.6 is 0 Å². The second kappa shape index (κ2) is 6.45. The second-order valence-corrected chi connectivity index (χ2v) is 6.52. The van der Waals surface area contributed by atoms with E-state index in [1.807, 2.05) is 30.3 Å². The topological polar surface area (TPSA) is 49.4 Å². The van der Waals surface area contributed by atoms with Gasteiger partial charge in [0.15, 0.2) is 0 Å². The summed E-state index contributed by atoms with van der Waals surface area (Å²) in [5, 5.41) is 2.94. The van der Waals surface area contributed by atoms with Gasteiger partial charge in [-0.1, -0.05) is 30.3 Å². The quantitative estimate of drug-likeness (QED) is 0.896. The van der Waals surface area contributed by atoms with Gasteiger partial charge in [-0.05, 0) is 24.3 Å². The SMILES string of the molecule is O=C(N[C@H](c1ccccc1)C1CC1)[C@H]1CC(=O)N(CC(F)(F)F)C1. The van der Waals surface area contributed by atoms with Crippen LogP contribution in [0.2, 0.25) is 0 Å². The van der Waals surface area contributed by atoms with Gasteiger partial charge in [-0.25, -0.2) is 0 Å². The van der Waals surface area contributed by atoms with E-state index in [0.29, 0.717) is 5.92 Å². The van der Waals surface area contributed by atoms with Crippen LogP contribution in [0.3, 0.4) is 0 Å². The minimum atomic E-state index is -4.44. The van der Waals surface area contributed by atoms with Crippen molar-refractivity contribution in [1.82, 2.24) is 10.2 Å². The summed E-state index contributed by atoms with van der Waals surface area (Å²) < 4.78 is 37.4. The van der Waals surface area contributed by atoms with Crippen LogP contribution in [0.15, 0.2) is 30.3 Å². The first kappa shape index (κ1) is 16.8. The molecule has 1 aromatic rings. The van der Waals surface area contributed by atoms with Crippen LogP contribution in [0.4, 0.5) is 13.2 Å². The van der Waals surface area contributed by atoms with Gasteiger partial charge in [-0.2, -0.15) is 13.2 Å². The number of rotatable bonds is 5. The van der Waals surface area contributed by atoms with Crippen molar-refractivity contribution < 1.29 is 22.8 Å². The van der Waals surface area contributed by atoms with E-state index in [0.717, 1.165) is 23.3 Å². The van der Waals surface area contributed by atoms with Crippen LogP contribution in [0.5, 0.6) is 0 Å². The average molecular weight is 340 g/mol. The van der Waals surface area contributed by atoms with Gasteiger partial charge in [0.25, 0.3) is 0 Å². The zero-order valence-electron chi connectivity index (χ0n) is 13.1. The summed E-state index contributed by atoms with van der Waals surface area (Å²) in [6, 6.07) is 9.39. The standard InChI is InChI=1S/C17H19F3N2O2/c18-17(19,20)10-22-9-13(8-14(22)23)16(24)21-15(12-6-7-12)11-4-2-1-3-5-11/h1-5,12-13,15H,6-10H2,(H,21,24)/t13-,15+/m0/s1. The summed E-state index contributed by atoms with van der Waals surface area (Å²) in [6.45, 7) is -1.46. The molecule has 0 aromatic heterocycles. The number of carbonyl (C=O) groups is 2. The average Bonchev–Trinajstić information content (AvgIpc) is 3.29. The Kier molecular flexibility index (Phi) is 4.51. The van der Waals surface area contributed by atoms with Crippen molar-refractivity contribution in [1.29, 1.82) is 0 Å². The normalized spacial score (nSPS) is 22.5. The van der Waals surface area contributed by atoms with E-state index in [9.17, 15) is 22.8 Å². The summed E-state index contributed by atoms with van der Waals surface area (Å²) in [5.74, 6) is -1.31. The van der Waals surface area contributed by atoms with Crippen LogP contribution in [0, 0.1) is 11.8 Å². The fourth-order valence-corrected chi connectivity index (χ4v) is 3.15. The maximum Gasteiger partial charge on any atom is 0.406 e. The van der Waals surface area contributed by atoms with Crippen molar-refractivity contribution in [3.63, 3.8) is 0 Å². The molecule has 0 radical (unpaired) electrons. The van der Waals surface area contributed by atoms with Crippen LogP contribution in [0.25, 0.3) is 0 Å². The van der Waals surface area contributed by atoms with E-state index in [1.165, 1.54) is 0 Å². The van der Waals surface area contributed by atoms with Gasteiger partial charge < -0.3 is 10.2 Å². The zero-order valence-corrected chi connectivity index (χ0v) is 13.1. The summed E-state index contributed by atoms with van der Waals surface area (Å²) >= 11 is 0. The van der Waals surface area contributed by atoms with E-state index < -0.39 is 24.5 Å². The first-order chi connectivity index (χ1) is 11.3. The molecule has 4 nitrogen and oxygen atoms in total.